The van der Waals surface area contributed by atoms with Crippen molar-refractivity contribution in [3.05, 3.63) is 34.9 Å². The second-order valence-electron chi connectivity index (χ2n) is 18.7. The highest BCUT2D eigenvalue weighted by Gasteiger charge is 2.43. The van der Waals surface area contributed by atoms with Gasteiger partial charge >= 0.3 is 12.1 Å². The van der Waals surface area contributed by atoms with Crippen LogP contribution in [0.1, 0.15) is 110 Å². The molecule has 4 aliphatic rings. The van der Waals surface area contributed by atoms with E-state index in [-0.39, 0.29) is 59.9 Å². The fourth-order valence-electron chi connectivity index (χ4n) is 8.99. The predicted molar refractivity (Wildman–Crippen MR) is 285 cm³/mol. The van der Waals surface area contributed by atoms with Gasteiger partial charge in [-0.25, -0.2) is 9.59 Å². The number of carbonyl (C=O) groups is 6. The van der Waals surface area contributed by atoms with E-state index in [4.69, 9.17) is 37.9 Å². The zero-order valence-corrected chi connectivity index (χ0v) is 45.7. The van der Waals surface area contributed by atoms with Gasteiger partial charge in [0, 0.05) is 118 Å². The highest BCUT2D eigenvalue weighted by atomic mass is 32.2. The Balaban J connectivity index is 0.781. The SMILES string of the molecule is COC(OC)c1cc(C(=O)NCCCOCCOCCOCCCNC(=O)CCCC[C@@H]2SC[C@@H]3NC(=O)N[C@@H]32)cc(C(=O)NCCCOCCOCCOCCCNC(=O)CCCC[C@@H]2SC[C@@H]3NC(=O)N[C@@H]32)c1. The van der Waals surface area contributed by atoms with E-state index in [1.807, 2.05) is 23.5 Å². The Morgan fingerprint density at radius 1 is 0.493 bits per heavy atom. The number of methoxy groups -OCH3 is 2. The minimum absolute atomic E-state index is 0.0526. The molecule has 24 heteroatoms. The normalized spacial score (nSPS) is 20.5. The van der Waals surface area contributed by atoms with Gasteiger partial charge < -0.3 is 80.4 Å². The first kappa shape index (κ1) is 61.9. The van der Waals surface area contributed by atoms with E-state index in [2.05, 4.69) is 42.5 Å². The van der Waals surface area contributed by atoms with Gasteiger partial charge in [0.2, 0.25) is 11.8 Å². The third-order valence-electron chi connectivity index (χ3n) is 12.9. The number of benzene rings is 1. The summed E-state index contributed by atoms with van der Waals surface area (Å²) in [5, 5.41) is 24.4. The molecule has 4 heterocycles. The van der Waals surface area contributed by atoms with Gasteiger partial charge in [0.1, 0.15) is 0 Å². The summed E-state index contributed by atoms with van der Waals surface area (Å²) in [7, 11) is 2.97. The first-order valence-electron chi connectivity index (χ1n) is 26.8. The van der Waals surface area contributed by atoms with Gasteiger partial charge in [0.25, 0.3) is 11.8 Å². The molecular formula is C51H84N8O14S2. The highest BCUT2D eigenvalue weighted by Crippen LogP contribution is 2.34. The van der Waals surface area contributed by atoms with Crippen LogP contribution in [0.15, 0.2) is 18.2 Å². The van der Waals surface area contributed by atoms with Gasteiger partial charge in [0.05, 0.1) is 77.0 Å². The maximum atomic E-state index is 13.2. The maximum absolute atomic E-state index is 13.2. The quantitative estimate of drug-likeness (QED) is 0.0265. The van der Waals surface area contributed by atoms with E-state index < -0.39 is 6.29 Å². The second-order valence-corrected chi connectivity index (χ2v) is 21.2. The molecule has 0 unspecified atom stereocenters. The van der Waals surface area contributed by atoms with E-state index in [1.165, 1.54) is 14.2 Å². The molecule has 1 aromatic rings. The Labute approximate surface area is 450 Å². The van der Waals surface area contributed by atoms with Gasteiger partial charge in [-0.2, -0.15) is 23.5 Å². The number of hydrogen-bond acceptors (Lipinski definition) is 16. The Morgan fingerprint density at radius 3 is 1.23 bits per heavy atom. The fraction of sp³-hybridized carbons (Fsp3) is 0.765. The fourth-order valence-corrected chi connectivity index (χ4v) is 12.1. The van der Waals surface area contributed by atoms with Crippen LogP contribution in [0.5, 0.6) is 0 Å². The Bertz CT molecular complexity index is 1750. The molecule has 22 nitrogen and oxygen atoms in total. The van der Waals surface area contributed by atoms with E-state index in [1.54, 1.807) is 18.2 Å². The number of rotatable bonds is 43. The van der Waals surface area contributed by atoms with Crippen molar-refractivity contribution in [1.82, 2.24) is 42.5 Å². The van der Waals surface area contributed by atoms with Crippen LogP contribution in [0.3, 0.4) is 0 Å². The Hall–Kier alpha value is -3.98. The van der Waals surface area contributed by atoms with Crippen LogP contribution < -0.4 is 42.5 Å². The molecule has 1 aromatic carbocycles. The summed E-state index contributed by atoms with van der Waals surface area (Å²) in [4.78, 5) is 73.8. The van der Waals surface area contributed by atoms with Crippen LogP contribution >= 0.6 is 23.5 Å². The number of unbranched alkanes of at least 4 members (excludes halogenated alkanes) is 2. The molecule has 4 aliphatic heterocycles. The van der Waals surface area contributed by atoms with Gasteiger partial charge in [-0.15, -0.1) is 0 Å². The molecule has 4 saturated heterocycles. The average molecular weight is 1100 g/mol. The monoisotopic (exact) mass is 1100 g/mol. The first-order chi connectivity index (χ1) is 36.6. The Morgan fingerprint density at radius 2 is 0.853 bits per heavy atom. The topological polar surface area (TPSA) is 272 Å². The summed E-state index contributed by atoms with van der Waals surface area (Å²) in [6, 6.07) is 5.55. The molecule has 0 aromatic heterocycles. The first-order valence-corrected chi connectivity index (χ1v) is 28.9. The van der Waals surface area contributed by atoms with Crippen molar-refractivity contribution in [2.75, 3.05) is 131 Å². The minimum Gasteiger partial charge on any atom is -0.379 e. The number of ether oxygens (including phenoxy) is 8. The summed E-state index contributed by atoms with van der Waals surface area (Å²) in [5.41, 5.74) is 1.12. The zero-order valence-electron chi connectivity index (χ0n) is 44.0. The number of amides is 8. The molecule has 0 bridgehead atoms. The molecule has 6 atom stereocenters. The maximum Gasteiger partial charge on any atom is 0.315 e. The average Bonchev–Trinajstić information content (AvgIpc) is 4.18. The van der Waals surface area contributed by atoms with Crippen LogP contribution in [-0.2, 0) is 47.5 Å². The summed E-state index contributed by atoms with van der Waals surface area (Å²) < 4.78 is 44.5. The molecule has 424 valence electrons. The third-order valence-corrected chi connectivity index (χ3v) is 15.9. The van der Waals surface area contributed by atoms with Crippen molar-refractivity contribution in [2.45, 2.75) is 118 Å². The number of hydrogen-bond donors (Lipinski definition) is 8. The lowest BCUT2D eigenvalue weighted by molar-refractivity contribution is -0.122. The Kier molecular flexibility index (Phi) is 30.5. The lowest BCUT2D eigenvalue weighted by atomic mass is 10.0. The van der Waals surface area contributed by atoms with Crippen molar-refractivity contribution in [3.8, 4) is 0 Å². The van der Waals surface area contributed by atoms with E-state index >= 15 is 0 Å². The number of fused-ring (bicyclic) bond motifs is 2. The molecule has 8 N–H and O–H groups in total. The number of urea groups is 2. The molecule has 5 rings (SSSR count). The summed E-state index contributed by atoms with van der Waals surface area (Å²) >= 11 is 3.79. The minimum atomic E-state index is -0.772. The van der Waals surface area contributed by atoms with Gasteiger partial charge in [0.15, 0.2) is 6.29 Å². The summed E-state index contributed by atoms with van der Waals surface area (Å²) in [6.45, 7) is 7.15. The molecule has 0 saturated carbocycles. The zero-order chi connectivity index (χ0) is 53.3. The van der Waals surface area contributed by atoms with E-state index in [9.17, 15) is 28.8 Å². The highest BCUT2D eigenvalue weighted by molar-refractivity contribution is 8.00. The van der Waals surface area contributed by atoms with E-state index in [0.29, 0.717) is 158 Å². The lowest BCUT2D eigenvalue weighted by Crippen LogP contribution is -2.36. The largest absolute Gasteiger partial charge is 0.379 e. The van der Waals surface area contributed by atoms with Crippen molar-refractivity contribution in [2.24, 2.45) is 0 Å². The summed E-state index contributed by atoms with van der Waals surface area (Å²) in [6.07, 6.45) is 8.41. The van der Waals surface area contributed by atoms with Crippen molar-refractivity contribution >= 4 is 59.2 Å². The van der Waals surface area contributed by atoms with Crippen molar-refractivity contribution < 1.29 is 66.7 Å². The number of carbonyl (C=O) groups excluding carboxylic acids is 6. The number of nitrogens with one attached hydrogen (secondary N) is 8. The van der Waals surface area contributed by atoms with Gasteiger partial charge in [-0.05, 0) is 69.6 Å². The van der Waals surface area contributed by atoms with Crippen LogP contribution in [0.2, 0.25) is 0 Å². The molecule has 0 spiro atoms. The second kappa shape index (κ2) is 36.9. The molecule has 0 aliphatic carbocycles. The van der Waals surface area contributed by atoms with Gasteiger partial charge in [-0.1, -0.05) is 12.8 Å². The smallest absolute Gasteiger partial charge is 0.315 e. The van der Waals surface area contributed by atoms with Crippen molar-refractivity contribution in [3.63, 3.8) is 0 Å². The number of thioether (sulfide) groups is 2. The van der Waals surface area contributed by atoms with Crippen molar-refractivity contribution in [1.29, 1.82) is 0 Å². The summed E-state index contributed by atoms with van der Waals surface area (Å²) in [5.74, 6) is 1.31. The standard InChI is InChI=1S/C51H84N8O14S2/c1-66-49(67-2)38-32-36(47(62)54-17-9-21-70-25-29-72-27-23-68-19-7-15-52-43(60)13-5-3-11-41-45-39(34-74-41)56-50(64)58-45)31-37(33-38)48(63)55-18-10-22-71-26-30-73-28-24-69-20-8-16-53-44(61)14-6-4-12-42-46-40(35-75-42)57-51(65)59-46/h31-33,39-42,45-46,49H,3-30,34-35H2,1-2H3,(H,52,60)(H,53,61)(H,54,62)(H,55,63)(H2,56,58,64)(H2,57,59,65)/t39-,40-,41-,42-,45-,46-/m0/s1. The van der Waals surface area contributed by atoms with Crippen LogP contribution in [0.25, 0.3) is 0 Å². The lowest BCUT2D eigenvalue weighted by Gasteiger charge is -2.16. The molecule has 8 amide bonds. The van der Waals surface area contributed by atoms with E-state index in [0.717, 1.165) is 62.9 Å². The van der Waals surface area contributed by atoms with Crippen LogP contribution in [0.4, 0.5) is 9.59 Å². The molecule has 4 fully saturated rings. The van der Waals surface area contributed by atoms with Crippen LogP contribution in [-0.4, -0.2) is 202 Å². The molecular weight excluding hydrogens is 1010 g/mol. The van der Waals surface area contributed by atoms with Crippen LogP contribution in [0, 0.1) is 0 Å². The third kappa shape index (κ3) is 24.1. The van der Waals surface area contributed by atoms with Gasteiger partial charge in [-0.3, -0.25) is 19.2 Å². The predicted octanol–water partition coefficient (Wildman–Crippen LogP) is 2.78. The molecule has 75 heavy (non-hydrogen) atoms. The molecule has 0 radical (unpaired) electrons.